The van der Waals surface area contributed by atoms with Crippen LogP contribution in [0.4, 0.5) is 5.82 Å². The molecule has 4 aliphatic rings. The molecule has 3 nitrogen and oxygen atoms in total. The zero-order valence-electron chi connectivity index (χ0n) is 11.2. The SMILES string of the molecule is Cn1nc(CC23CC4CC(CC(C4)C2)C3)cc1N. The first-order valence-electron chi connectivity index (χ1n) is 7.40. The first kappa shape index (κ1) is 10.9. The predicted molar refractivity (Wildman–Crippen MR) is 71.9 cm³/mol. The first-order valence-corrected chi connectivity index (χ1v) is 7.40. The maximum atomic E-state index is 5.91. The normalized spacial score (nSPS) is 41.5. The third kappa shape index (κ3) is 1.59. The van der Waals surface area contributed by atoms with E-state index in [2.05, 4.69) is 11.2 Å². The van der Waals surface area contributed by atoms with E-state index in [4.69, 9.17) is 5.73 Å². The highest BCUT2D eigenvalue weighted by Gasteiger charge is 2.50. The number of anilines is 1. The van der Waals surface area contributed by atoms with E-state index in [1.807, 2.05) is 11.7 Å². The Morgan fingerprint density at radius 1 is 1.22 bits per heavy atom. The fourth-order valence-corrected chi connectivity index (χ4v) is 5.52. The number of aryl methyl sites for hydroxylation is 1. The molecule has 4 saturated carbocycles. The predicted octanol–water partition coefficient (Wildman–Crippen LogP) is 2.76. The lowest BCUT2D eigenvalue weighted by Crippen LogP contribution is -2.47. The minimum absolute atomic E-state index is 0.579. The van der Waals surface area contributed by atoms with Gasteiger partial charge in [0, 0.05) is 13.1 Å². The second kappa shape index (κ2) is 3.52. The van der Waals surface area contributed by atoms with E-state index >= 15 is 0 Å². The van der Waals surface area contributed by atoms with Crippen LogP contribution in [0.1, 0.15) is 44.2 Å². The summed E-state index contributed by atoms with van der Waals surface area (Å²) in [6, 6.07) is 2.08. The van der Waals surface area contributed by atoms with Crippen LogP contribution in [0, 0.1) is 23.2 Å². The van der Waals surface area contributed by atoms with Crippen molar-refractivity contribution in [1.82, 2.24) is 9.78 Å². The molecule has 1 aromatic rings. The van der Waals surface area contributed by atoms with Gasteiger partial charge >= 0.3 is 0 Å². The largest absolute Gasteiger partial charge is 0.384 e. The van der Waals surface area contributed by atoms with Gasteiger partial charge < -0.3 is 5.73 Å². The number of nitrogen functional groups attached to an aromatic ring is 1. The molecule has 4 fully saturated rings. The minimum Gasteiger partial charge on any atom is -0.384 e. The number of aromatic nitrogens is 2. The van der Waals surface area contributed by atoms with Gasteiger partial charge in [-0.2, -0.15) is 5.10 Å². The molecule has 4 aliphatic carbocycles. The van der Waals surface area contributed by atoms with Gasteiger partial charge in [-0.05, 0) is 68.1 Å². The van der Waals surface area contributed by atoms with Crippen molar-refractivity contribution in [3.05, 3.63) is 11.8 Å². The number of hydrogen-bond donors (Lipinski definition) is 1. The van der Waals surface area contributed by atoms with E-state index < -0.39 is 0 Å². The molecule has 4 bridgehead atoms. The lowest BCUT2D eigenvalue weighted by atomic mass is 9.48. The average molecular weight is 245 g/mol. The molecule has 5 rings (SSSR count). The van der Waals surface area contributed by atoms with Gasteiger partial charge in [-0.1, -0.05) is 0 Å². The molecule has 0 radical (unpaired) electrons. The van der Waals surface area contributed by atoms with Gasteiger partial charge in [0.05, 0.1) is 5.69 Å². The van der Waals surface area contributed by atoms with E-state index in [1.54, 1.807) is 0 Å². The molecule has 18 heavy (non-hydrogen) atoms. The van der Waals surface area contributed by atoms with Crippen LogP contribution in [0.15, 0.2) is 6.07 Å². The van der Waals surface area contributed by atoms with Crippen LogP contribution in [0.3, 0.4) is 0 Å². The molecular formula is C15H23N3. The molecule has 3 heteroatoms. The highest BCUT2D eigenvalue weighted by atomic mass is 15.3. The molecular weight excluding hydrogens is 222 g/mol. The van der Waals surface area contributed by atoms with Gasteiger partial charge in [0.2, 0.25) is 0 Å². The van der Waals surface area contributed by atoms with Crippen molar-refractivity contribution < 1.29 is 0 Å². The molecule has 0 amide bonds. The Balaban J connectivity index is 1.60. The van der Waals surface area contributed by atoms with Crippen LogP contribution < -0.4 is 5.73 Å². The lowest BCUT2D eigenvalue weighted by molar-refractivity contribution is -0.0527. The van der Waals surface area contributed by atoms with E-state index in [1.165, 1.54) is 50.6 Å². The fourth-order valence-electron chi connectivity index (χ4n) is 5.52. The smallest absolute Gasteiger partial charge is 0.121 e. The maximum Gasteiger partial charge on any atom is 0.121 e. The summed E-state index contributed by atoms with van der Waals surface area (Å²) in [7, 11) is 1.94. The van der Waals surface area contributed by atoms with Crippen molar-refractivity contribution in [3.8, 4) is 0 Å². The second-order valence-corrected chi connectivity index (χ2v) is 7.28. The molecule has 0 atom stereocenters. The van der Waals surface area contributed by atoms with Crippen molar-refractivity contribution in [2.75, 3.05) is 5.73 Å². The summed E-state index contributed by atoms with van der Waals surface area (Å²) >= 11 is 0. The van der Waals surface area contributed by atoms with E-state index in [9.17, 15) is 0 Å². The minimum atomic E-state index is 0.579. The zero-order chi connectivity index (χ0) is 12.3. The Morgan fingerprint density at radius 3 is 2.22 bits per heavy atom. The van der Waals surface area contributed by atoms with E-state index in [-0.39, 0.29) is 0 Å². The Labute approximate surface area is 109 Å². The van der Waals surface area contributed by atoms with Crippen molar-refractivity contribution in [1.29, 1.82) is 0 Å². The summed E-state index contributed by atoms with van der Waals surface area (Å²) in [5, 5.41) is 4.58. The Kier molecular flexibility index (Phi) is 2.13. The maximum absolute atomic E-state index is 5.91. The summed E-state index contributed by atoms with van der Waals surface area (Å²) in [5.41, 5.74) is 7.71. The lowest BCUT2D eigenvalue weighted by Gasteiger charge is -2.56. The van der Waals surface area contributed by atoms with Crippen LogP contribution in [-0.2, 0) is 13.5 Å². The molecule has 2 N–H and O–H groups in total. The summed E-state index contributed by atoms with van der Waals surface area (Å²) in [5.74, 6) is 3.88. The highest BCUT2D eigenvalue weighted by molar-refractivity contribution is 5.31. The third-order valence-electron chi connectivity index (χ3n) is 5.69. The van der Waals surface area contributed by atoms with Gasteiger partial charge in [-0.3, -0.25) is 4.68 Å². The zero-order valence-corrected chi connectivity index (χ0v) is 11.2. The summed E-state index contributed by atoms with van der Waals surface area (Å²) in [6.07, 6.45) is 10.1. The van der Waals surface area contributed by atoms with Gasteiger partial charge in [0.25, 0.3) is 0 Å². The molecule has 0 aliphatic heterocycles. The van der Waals surface area contributed by atoms with Crippen molar-refractivity contribution in [2.24, 2.45) is 30.2 Å². The summed E-state index contributed by atoms with van der Waals surface area (Å²) in [4.78, 5) is 0. The number of rotatable bonds is 2. The molecule has 0 saturated heterocycles. The third-order valence-corrected chi connectivity index (χ3v) is 5.69. The molecule has 98 valence electrons. The quantitative estimate of drug-likeness (QED) is 0.870. The van der Waals surface area contributed by atoms with Gasteiger partial charge in [0.1, 0.15) is 5.82 Å². The van der Waals surface area contributed by atoms with Gasteiger partial charge in [-0.25, -0.2) is 0 Å². The van der Waals surface area contributed by atoms with Crippen LogP contribution in [0.25, 0.3) is 0 Å². The second-order valence-electron chi connectivity index (χ2n) is 7.28. The Bertz CT molecular complexity index is 419. The summed E-state index contributed by atoms with van der Waals surface area (Å²) in [6.45, 7) is 0. The average Bonchev–Trinajstić information content (AvgIpc) is 2.54. The summed E-state index contributed by atoms with van der Waals surface area (Å²) < 4.78 is 1.82. The van der Waals surface area contributed by atoms with Crippen molar-refractivity contribution in [2.45, 2.75) is 44.9 Å². The van der Waals surface area contributed by atoms with Gasteiger partial charge in [0.15, 0.2) is 0 Å². The van der Waals surface area contributed by atoms with Crippen LogP contribution in [0.2, 0.25) is 0 Å². The first-order chi connectivity index (χ1) is 8.62. The monoisotopic (exact) mass is 245 g/mol. The fraction of sp³-hybridized carbons (Fsp3) is 0.800. The van der Waals surface area contributed by atoms with Crippen LogP contribution in [-0.4, -0.2) is 9.78 Å². The number of nitrogens with zero attached hydrogens (tertiary/aromatic N) is 2. The standard InChI is InChI=1S/C15H23N3/c1-18-14(16)5-13(17-18)9-15-6-10-2-11(7-15)4-12(3-10)8-15/h5,10-12H,2-4,6-9,16H2,1H3. The Hall–Kier alpha value is -0.990. The molecule has 1 heterocycles. The molecule has 0 unspecified atom stereocenters. The molecule has 0 spiro atoms. The topological polar surface area (TPSA) is 43.8 Å². The Morgan fingerprint density at radius 2 is 1.78 bits per heavy atom. The van der Waals surface area contributed by atoms with Gasteiger partial charge in [-0.15, -0.1) is 0 Å². The number of nitrogens with two attached hydrogens (primary N) is 1. The van der Waals surface area contributed by atoms with E-state index in [0.29, 0.717) is 5.41 Å². The molecule has 1 aromatic heterocycles. The molecule has 0 aromatic carbocycles. The van der Waals surface area contributed by atoms with E-state index in [0.717, 1.165) is 23.6 Å². The van der Waals surface area contributed by atoms with Crippen molar-refractivity contribution >= 4 is 5.82 Å². The van der Waals surface area contributed by atoms with Crippen molar-refractivity contribution in [3.63, 3.8) is 0 Å². The highest BCUT2D eigenvalue weighted by Crippen LogP contribution is 2.60. The number of hydrogen-bond acceptors (Lipinski definition) is 2. The van der Waals surface area contributed by atoms with Crippen LogP contribution in [0.5, 0.6) is 0 Å². The van der Waals surface area contributed by atoms with Crippen LogP contribution >= 0.6 is 0 Å².